The van der Waals surface area contributed by atoms with E-state index in [1.807, 2.05) is 0 Å². The monoisotopic (exact) mass is 269 g/mol. The molecule has 0 bridgehead atoms. The second kappa shape index (κ2) is 6.19. The number of hydrogen-bond acceptors (Lipinski definition) is 3. The molecule has 1 aliphatic rings. The van der Waals surface area contributed by atoms with Crippen molar-refractivity contribution in [3.63, 3.8) is 0 Å². The van der Waals surface area contributed by atoms with Gasteiger partial charge in [0.2, 0.25) is 0 Å². The number of benzene rings is 1. The van der Waals surface area contributed by atoms with Gasteiger partial charge in [-0.2, -0.15) is 0 Å². The topological polar surface area (TPSA) is 41.3 Å². The van der Waals surface area contributed by atoms with Crippen LogP contribution in [0.2, 0.25) is 0 Å². The Bertz CT molecular complexity index is 419. The zero-order chi connectivity index (χ0) is 13.8. The summed E-state index contributed by atoms with van der Waals surface area (Å²) < 4.78 is 25.8. The maximum absolute atomic E-state index is 12.9. The van der Waals surface area contributed by atoms with Gasteiger partial charge in [-0.25, -0.2) is 8.78 Å². The summed E-state index contributed by atoms with van der Waals surface area (Å²) in [6, 6.07) is 5.32. The van der Waals surface area contributed by atoms with Gasteiger partial charge in [-0.15, -0.1) is 0 Å². The van der Waals surface area contributed by atoms with Crippen LogP contribution in [-0.2, 0) is 0 Å². The molecule has 0 unspecified atom stereocenters. The van der Waals surface area contributed by atoms with Crippen LogP contribution in [0.1, 0.15) is 31.8 Å². The summed E-state index contributed by atoms with van der Waals surface area (Å²) in [5.41, 5.74) is 6.38. The minimum Gasteiger partial charge on any atom is -0.399 e. The second-order valence-electron chi connectivity index (χ2n) is 4.93. The van der Waals surface area contributed by atoms with Crippen LogP contribution in [0.15, 0.2) is 18.2 Å². The van der Waals surface area contributed by atoms with Crippen molar-refractivity contribution in [1.82, 2.24) is 4.90 Å². The first-order valence-electron chi connectivity index (χ1n) is 6.77. The highest BCUT2D eigenvalue weighted by molar-refractivity contribution is 5.58. The SMILES string of the molecule is CCN(CCNc1ccc(N)cc1C(F)F)C1CC1. The molecule has 3 nitrogen and oxygen atoms in total. The Kier molecular flexibility index (Phi) is 4.58. The molecule has 1 saturated carbocycles. The third kappa shape index (κ3) is 3.80. The van der Waals surface area contributed by atoms with Gasteiger partial charge in [-0.05, 0) is 37.6 Å². The van der Waals surface area contributed by atoms with E-state index in [1.54, 1.807) is 12.1 Å². The van der Waals surface area contributed by atoms with Crippen molar-refractivity contribution >= 4 is 11.4 Å². The van der Waals surface area contributed by atoms with Gasteiger partial charge in [0, 0.05) is 36.1 Å². The van der Waals surface area contributed by atoms with Gasteiger partial charge in [-0.1, -0.05) is 6.92 Å². The molecule has 0 amide bonds. The number of anilines is 2. The Labute approximate surface area is 112 Å². The van der Waals surface area contributed by atoms with Gasteiger partial charge in [0.25, 0.3) is 6.43 Å². The lowest BCUT2D eigenvalue weighted by Crippen LogP contribution is -2.31. The maximum atomic E-state index is 12.9. The molecule has 1 aliphatic carbocycles. The van der Waals surface area contributed by atoms with Gasteiger partial charge in [-0.3, -0.25) is 4.90 Å². The molecular formula is C14H21F2N3. The fourth-order valence-electron chi connectivity index (χ4n) is 2.30. The van der Waals surface area contributed by atoms with E-state index in [9.17, 15) is 8.78 Å². The van der Waals surface area contributed by atoms with E-state index in [4.69, 9.17) is 5.73 Å². The van der Waals surface area contributed by atoms with Gasteiger partial charge in [0.05, 0.1) is 0 Å². The van der Waals surface area contributed by atoms with E-state index in [0.29, 0.717) is 24.0 Å². The lowest BCUT2D eigenvalue weighted by atomic mass is 10.1. The average molecular weight is 269 g/mol. The zero-order valence-electron chi connectivity index (χ0n) is 11.2. The molecule has 1 aromatic carbocycles. The number of hydrogen-bond donors (Lipinski definition) is 2. The molecule has 0 aromatic heterocycles. The molecule has 0 aliphatic heterocycles. The Morgan fingerprint density at radius 2 is 2.16 bits per heavy atom. The lowest BCUT2D eigenvalue weighted by molar-refractivity contribution is 0.152. The van der Waals surface area contributed by atoms with E-state index in [-0.39, 0.29) is 5.56 Å². The van der Waals surface area contributed by atoms with Gasteiger partial charge < -0.3 is 11.1 Å². The first-order chi connectivity index (χ1) is 9.11. The van der Waals surface area contributed by atoms with Crippen LogP contribution in [0.3, 0.4) is 0 Å². The van der Waals surface area contributed by atoms with Crippen molar-refractivity contribution in [2.24, 2.45) is 0 Å². The van der Waals surface area contributed by atoms with Gasteiger partial charge >= 0.3 is 0 Å². The van der Waals surface area contributed by atoms with Crippen molar-refractivity contribution in [1.29, 1.82) is 0 Å². The molecule has 106 valence electrons. The molecule has 0 saturated heterocycles. The van der Waals surface area contributed by atoms with Crippen LogP contribution >= 0.6 is 0 Å². The predicted octanol–water partition coefficient (Wildman–Crippen LogP) is 3.10. The molecule has 5 heteroatoms. The first-order valence-corrected chi connectivity index (χ1v) is 6.77. The predicted molar refractivity (Wildman–Crippen MR) is 74.6 cm³/mol. The molecule has 0 atom stereocenters. The van der Waals surface area contributed by atoms with Crippen LogP contribution < -0.4 is 11.1 Å². The molecule has 3 N–H and O–H groups in total. The quantitative estimate of drug-likeness (QED) is 0.747. The van der Waals surface area contributed by atoms with Crippen LogP contribution in [0, 0.1) is 0 Å². The van der Waals surface area contributed by atoms with Crippen molar-refractivity contribution < 1.29 is 8.78 Å². The van der Waals surface area contributed by atoms with Crippen LogP contribution in [0.5, 0.6) is 0 Å². The summed E-state index contributed by atoms with van der Waals surface area (Å²) in [6.07, 6.45) is 0.0208. The highest BCUT2D eigenvalue weighted by atomic mass is 19.3. The Morgan fingerprint density at radius 1 is 1.42 bits per heavy atom. The Morgan fingerprint density at radius 3 is 2.74 bits per heavy atom. The number of alkyl halides is 2. The van der Waals surface area contributed by atoms with E-state index in [2.05, 4.69) is 17.1 Å². The summed E-state index contributed by atoms with van der Waals surface area (Å²) in [5, 5.41) is 3.09. The largest absolute Gasteiger partial charge is 0.399 e. The minimum atomic E-state index is -2.50. The standard InChI is InChI=1S/C14H21F2N3/c1-2-19(11-4-5-11)8-7-18-13-6-3-10(17)9-12(13)14(15)16/h3,6,9,11,14,18H,2,4-5,7-8,17H2,1H3. The van der Waals surface area contributed by atoms with E-state index in [1.165, 1.54) is 18.9 Å². The number of nitrogens with two attached hydrogens (primary N) is 1. The molecule has 0 heterocycles. The van der Waals surface area contributed by atoms with E-state index < -0.39 is 6.43 Å². The third-order valence-corrected chi connectivity index (χ3v) is 3.49. The fraction of sp³-hybridized carbons (Fsp3) is 0.571. The molecular weight excluding hydrogens is 248 g/mol. The molecule has 0 spiro atoms. The molecule has 1 fully saturated rings. The highest BCUT2D eigenvalue weighted by Gasteiger charge is 2.27. The normalized spacial score (nSPS) is 15.2. The van der Waals surface area contributed by atoms with Crippen molar-refractivity contribution in [3.05, 3.63) is 23.8 Å². The van der Waals surface area contributed by atoms with Crippen molar-refractivity contribution in [2.75, 3.05) is 30.7 Å². The smallest absolute Gasteiger partial charge is 0.265 e. The van der Waals surface area contributed by atoms with Crippen molar-refractivity contribution in [3.8, 4) is 0 Å². The van der Waals surface area contributed by atoms with Gasteiger partial charge in [0.1, 0.15) is 0 Å². The van der Waals surface area contributed by atoms with Crippen molar-refractivity contribution in [2.45, 2.75) is 32.2 Å². The number of rotatable bonds is 7. The highest BCUT2D eigenvalue weighted by Crippen LogP contribution is 2.29. The Balaban J connectivity index is 1.91. The number of nitrogens with zero attached hydrogens (tertiary/aromatic N) is 1. The summed E-state index contributed by atoms with van der Waals surface area (Å²) in [4.78, 5) is 2.38. The van der Waals surface area contributed by atoms with Crippen LogP contribution in [0.25, 0.3) is 0 Å². The second-order valence-corrected chi connectivity index (χ2v) is 4.93. The maximum Gasteiger partial charge on any atom is 0.265 e. The van der Waals surface area contributed by atoms with Crippen LogP contribution in [0.4, 0.5) is 20.2 Å². The summed E-state index contributed by atoms with van der Waals surface area (Å²) in [5.74, 6) is 0. The molecule has 1 aromatic rings. The van der Waals surface area contributed by atoms with E-state index >= 15 is 0 Å². The number of likely N-dealkylation sites (N-methyl/N-ethyl adjacent to an activating group) is 1. The molecule has 2 rings (SSSR count). The van der Waals surface area contributed by atoms with Gasteiger partial charge in [0.15, 0.2) is 0 Å². The average Bonchev–Trinajstić information content (AvgIpc) is 3.20. The Hall–Kier alpha value is -1.36. The third-order valence-electron chi connectivity index (χ3n) is 3.49. The summed E-state index contributed by atoms with van der Waals surface area (Å²) >= 11 is 0. The number of halogens is 2. The van der Waals surface area contributed by atoms with E-state index in [0.717, 1.165) is 13.1 Å². The first kappa shape index (κ1) is 14.1. The molecule has 0 radical (unpaired) electrons. The van der Waals surface area contributed by atoms with Crippen LogP contribution in [-0.4, -0.2) is 30.6 Å². The fourth-order valence-corrected chi connectivity index (χ4v) is 2.30. The number of nitrogen functional groups attached to an aromatic ring is 1. The zero-order valence-corrected chi connectivity index (χ0v) is 11.2. The molecule has 19 heavy (non-hydrogen) atoms. The lowest BCUT2D eigenvalue weighted by Gasteiger charge is -2.21. The minimum absolute atomic E-state index is 0.0190. The summed E-state index contributed by atoms with van der Waals surface area (Å²) in [6.45, 7) is 4.70. The summed E-state index contributed by atoms with van der Waals surface area (Å²) in [7, 11) is 0. The number of nitrogens with one attached hydrogen (secondary N) is 1.